The molecular formula is C21H18FN3O3S. The number of nitrogens with one attached hydrogen (secondary N) is 2. The molecule has 0 bridgehead atoms. The molecule has 3 N–H and O–H groups in total. The van der Waals surface area contributed by atoms with E-state index >= 15 is 0 Å². The molecule has 3 rings (SSSR count). The summed E-state index contributed by atoms with van der Waals surface area (Å²) in [5.41, 5.74) is 0.705. The summed E-state index contributed by atoms with van der Waals surface area (Å²) >= 11 is 0.932. The van der Waals surface area contributed by atoms with Crippen molar-refractivity contribution < 1.29 is 14.3 Å². The molecule has 0 radical (unpaired) electrons. The molecule has 0 fully saturated rings. The van der Waals surface area contributed by atoms with Gasteiger partial charge in [0.05, 0.1) is 17.0 Å². The Kier molecular flexibility index (Phi) is 6.80. The van der Waals surface area contributed by atoms with Crippen molar-refractivity contribution in [1.29, 1.82) is 0 Å². The minimum absolute atomic E-state index is 0.0722. The average Bonchev–Trinajstić information content (AvgIpc) is 2.71. The summed E-state index contributed by atoms with van der Waals surface area (Å²) in [6.45, 7) is 0. The van der Waals surface area contributed by atoms with E-state index in [1.54, 1.807) is 12.1 Å². The van der Waals surface area contributed by atoms with Gasteiger partial charge in [-0.05, 0) is 17.7 Å². The third-order valence-electron chi connectivity index (χ3n) is 3.89. The number of carbonyl (C=O) groups excluding carboxylic acids is 1. The van der Waals surface area contributed by atoms with E-state index in [9.17, 15) is 19.1 Å². The van der Waals surface area contributed by atoms with Crippen LogP contribution in [0.3, 0.4) is 0 Å². The fourth-order valence-electron chi connectivity index (χ4n) is 2.48. The first kappa shape index (κ1) is 20.3. The van der Waals surface area contributed by atoms with Gasteiger partial charge in [-0.25, -0.2) is 4.39 Å². The summed E-state index contributed by atoms with van der Waals surface area (Å²) in [6, 6.07) is 15.4. The highest BCUT2D eigenvalue weighted by molar-refractivity contribution is 7.99. The van der Waals surface area contributed by atoms with Crippen LogP contribution in [-0.2, 0) is 11.2 Å². The van der Waals surface area contributed by atoms with Crippen LogP contribution in [0.25, 0.3) is 6.08 Å². The lowest BCUT2D eigenvalue weighted by molar-refractivity contribution is -0.113. The van der Waals surface area contributed by atoms with E-state index in [0.717, 1.165) is 17.3 Å². The van der Waals surface area contributed by atoms with Crippen LogP contribution in [0.2, 0.25) is 0 Å². The second-order valence-electron chi connectivity index (χ2n) is 6.01. The molecule has 0 atom stereocenters. The number of hydrogen-bond acceptors (Lipinski definition) is 5. The van der Waals surface area contributed by atoms with Crippen molar-refractivity contribution in [2.45, 2.75) is 11.6 Å². The minimum atomic E-state index is -0.539. The third kappa shape index (κ3) is 5.79. The van der Waals surface area contributed by atoms with Gasteiger partial charge in [-0.15, -0.1) is 0 Å². The molecule has 148 valence electrons. The summed E-state index contributed by atoms with van der Waals surface area (Å²) in [4.78, 5) is 30.7. The molecule has 29 heavy (non-hydrogen) atoms. The fraction of sp³-hybridized carbons (Fsp3) is 0.0952. The lowest BCUT2D eigenvalue weighted by Gasteiger charge is -2.06. The van der Waals surface area contributed by atoms with Gasteiger partial charge < -0.3 is 15.4 Å². The van der Waals surface area contributed by atoms with Crippen molar-refractivity contribution in [3.05, 3.63) is 88.0 Å². The minimum Gasteiger partial charge on any atom is -0.493 e. The lowest BCUT2D eigenvalue weighted by Crippen LogP contribution is -2.17. The summed E-state index contributed by atoms with van der Waals surface area (Å²) < 4.78 is 13.6. The Labute approximate surface area is 170 Å². The normalized spacial score (nSPS) is 10.9. The molecule has 0 unspecified atom stereocenters. The summed E-state index contributed by atoms with van der Waals surface area (Å²) in [6.07, 6.45) is 3.81. The molecule has 6 nitrogen and oxygen atoms in total. The number of H-pyrrole nitrogens is 1. The molecule has 0 aliphatic heterocycles. The first-order chi connectivity index (χ1) is 14.0. The first-order valence-electron chi connectivity index (χ1n) is 8.74. The fourth-order valence-corrected chi connectivity index (χ4v) is 3.13. The number of halogens is 1. The highest BCUT2D eigenvalue weighted by atomic mass is 32.2. The monoisotopic (exact) mass is 411 g/mol. The van der Waals surface area contributed by atoms with Gasteiger partial charge >= 0.3 is 0 Å². The quantitative estimate of drug-likeness (QED) is 0.408. The van der Waals surface area contributed by atoms with Crippen molar-refractivity contribution in [3.63, 3.8) is 0 Å². The molecule has 3 aromatic rings. The zero-order valence-corrected chi connectivity index (χ0v) is 16.1. The van der Waals surface area contributed by atoms with Gasteiger partial charge in [0.15, 0.2) is 5.16 Å². The average molecular weight is 411 g/mol. The number of hydrogen-bond donors (Lipinski definition) is 3. The SMILES string of the molecule is O=C(CSc1nc(O)c(CC=Cc2ccccc2)c(=O)[nH]1)Nc1ccccc1F. The molecule has 1 heterocycles. The second-order valence-corrected chi connectivity index (χ2v) is 6.97. The number of rotatable bonds is 7. The molecule has 8 heteroatoms. The van der Waals surface area contributed by atoms with E-state index in [4.69, 9.17) is 0 Å². The van der Waals surface area contributed by atoms with Crippen molar-refractivity contribution in [3.8, 4) is 5.88 Å². The zero-order valence-electron chi connectivity index (χ0n) is 15.3. The van der Waals surface area contributed by atoms with Gasteiger partial charge in [0.2, 0.25) is 11.8 Å². The maximum absolute atomic E-state index is 13.6. The smallest absolute Gasteiger partial charge is 0.258 e. The molecule has 0 saturated heterocycles. The van der Waals surface area contributed by atoms with Crippen molar-refractivity contribution in [2.75, 3.05) is 11.1 Å². The van der Waals surface area contributed by atoms with Crippen molar-refractivity contribution in [2.24, 2.45) is 0 Å². The Morgan fingerprint density at radius 3 is 2.62 bits per heavy atom. The highest BCUT2D eigenvalue weighted by Gasteiger charge is 2.12. The Balaban J connectivity index is 1.60. The van der Waals surface area contributed by atoms with Gasteiger partial charge in [0, 0.05) is 6.42 Å². The molecule has 0 aliphatic rings. The van der Waals surface area contributed by atoms with Crippen LogP contribution in [0.4, 0.5) is 10.1 Å². The number of aromatic hydroxyl groups is 1. The van der Waals surface area contributed by atoms with Crippen LogP contribution in [0.15, 0.2) is 70.6 Å². The van der Waals surface area contributed by atoms with Crippen LogP contribution in [-0.4, -0.2) is 26.7 Å². The standard InChI is InChI=1S/C21H18FN3O3S/c22-16-11-4-5-12-17(16)23-18(26)13-29-21-24-19(27)15(20(28)25-21)10-6-9-14-7-2-1-3-8-14/h1-9,11-12H,10,13H2,(H,23,26)(H2,24,25,27,28). The summed E-state index contributed by atoms with van der Waals surface area (Å²) in [5.74, 6) is -1.49. The van der Waals surface area contributed by atoms with Crippen LogP contribution in [0.5, 0.6) is 5.88 Å². The predicted octanol–water partition coefficient (Wildman–Crippen LogP) is 3.60. The lowest BCUT2D eigenvalue weighted by atomic mass is 10.1. The molecule has 0 saturated carbocycles. The van der Waals surface area contributed by atoms with Crippen LogP contribution < -0.4 is 10.9 Å². The van der Waals surface area contributed by atoms with Crippen LogP contribution >= 0.6 is 11.8 Å². The van der Waals surface area contributed by atoms with Crippen molar-refractivity contribution >= 4 is 29.4 Å². The van der Waals surface area contributed by atoms with Gasteiger partial charge in [0.1, 0.15) is 5.82 Å². The molecule has 1 amide bonds. The molecule has 2 aromatic carbocycles. The molecule has 0 aliphatic carbocycles. The van der Waals surface area contributed by atoms with E-state index in [1.165, 1.54) is 18.2 Å². The first-order valence-corrected chi connectivity index (χ1v) is 9.72. The third-order valence-corrected chi connectivity index (χ3v) is 4.77. The predicted molar refractivity (Wildman–Crippen MR) is 111 cm³/mol. The number of anilines is 1. The Morgan fingerprint density at radius 1 is 1.17 bits per heavy atom. The molecular weight excluding hydrogens is 393 g/mol. The van der Waals surface area contributed by atoms with E-state index in [2.05, 4.69) is 15.3 Å². The number of benzene rings is 2. The van der Waals surface area contributed by atoms with Crippen LogP contribution in [0, 0.1) is 5.82 Å². The largest absolute Gasteiger partial charge is 0.493 e. The Bertz CT molecular complexity index is 1080. The van der Waals surface area contributed by atoms with Crippen LogP contribution in [0.1, 0.15) is 11.1 Å². The maximum atomic E-state index is 13.6. The van der Waals surface area contributed by atoms with Gasteiger partial charge in [0.25, 0.3) is 5.56 Å². The number of nitrogens with zero attached hydrogens (tertiary/aromatic N) is 1. The Morgan fingerprint density at radius 2 is 1.90 bits per heavy atom. The number of carbonyl (C=O) groups is 1. The zero-order chi connectivity index (χ0) is 20.6. The highest BCUT2D eigenvalue weighted by Crippen LogP contribution is 2.18. The van der Waals surface area contributed by atoms with E-state index in [0.29, 0.717) is 0 Å². The Hall–Kier alpha value is -3.39. The second kappa shape index (κ2) is 9.70. The maximum Gasteiger partial charge on any atom is 0.258 e. The van der Waals surface area contributed by atoms with Gasteiger partial charge in [-0.1, -0.05) is 66.4 Å². The summed E-state index contributed by atoms with van der Waals surface area (Å²) in [7, 11) is 0. The summed E-state index contributed by atoms with van der Waals surface area (Å²) in [5, 5.41) is 12.6. The molecule has 0 spiro atoms. The van der Waals surface area contributed by atoms with E-state index in [-0.39, 0.29) is 34.5 Å². The number of aromatic amines is 1. The number of para-hydroxylation sites is 1. The van der Waals surface area contributed by atoms with E-state index < -0.39 is 17.3 Å². The number of thioether (sulfide) groups is 1. The molecule has 1 aromatic heterocycles. The van der Waals surface area contributed by atoms with Gasteiger partial charge in [-0.3, -0.25) is 9.59 Å². The number of aromatic nitrogens is 2. The van der Waals surface area contributed by atoms with Crippen molar-refractivity contribution in [1.82, 2.24) is 9.97 Å². The van der Waals surface area contributed by atoms with E-state index in [1.807, 2.05) is 36.4 Å². The number of allylic oxidation sites excluding steroid dienone is 1. The topological polar surface area (TPSA) is 95.1 Å². The number of amides is 1. The van der Waals surface area contributed by atoms with Gasteiger partial charge in [-0.2, -0.15) is 4.98 Å².